The molecule has 0 radical (unpaired) electrons. The molecule has 0 fully saturated rings. The molecular formula is C21H19Cl2N3O3. The molecule has 0 saturated heterocycles. The highest BCUT2D eigenvalue weighted by Crippen LogP contribution is 2.28. The monoisotopic (exact) mass is 431 g/mol. The first kappa shape index (κ1) is 20.9. The van der Waals surface area contributed by atoms with Crippen LogP contribution in [0.2, 0.25) is 10.0 Å². The third-order valence-electron chi connectivity index (χ3n) is 4.29. The van der Waals surface area contributed by atoms with Crippen molar-refractivity contribution >= 4 is 40.8 Å². The number of benzene rings is 2. The lowest BCUT2D eigenvalue weighted by molar-refractivity contribution is 0.0600. The summed E-state index contributed by atoms with van der Waals surface area (Å²) >= 11 is 12.3. The summed E-state index contributed by atoms with van der Waals surface area (Å²) in [4.78, 5) is 24.8. The largest absolute Gasteiger partial charge is 0.465 e. The summed E-state index contributed by atoms with van der Waals surface area (Å²) in [6, 6.07) is 11.8. The lowest BCUT2D eigenvalue weighted by Crippen LogP contribution is -2.16. The Labute approximate surface area is 178 Å². The number of anilines is 1. The van der Waals surface area contributed by atoms with E-state index in [2.05, 4.69) is 10.4 Å². The normalized spacial score (nSPS) is 10.8. The first-order valence-electron chi connectivity index (χ1n) is 8.85. The number of amides is 1. The molecule has 0 aliphatic rings. The Morgan fingerprint density at radius 3 is 2.55 bits per heavy atom. The summed E-state index contributed by atoms with van der Waals surface area (Å²) in [6.45, 7) is 3.94. The lowest BCUT2D eigenvalue weighted by atomic mass is 10.0. The number of esters is 1. The van der Waals surface area contributed by atoms with Crippen LogP contribution in [0.4, 0.5) is 5.69 Å². The number of hydrogen-bond acceptors (Lipinski definition) is 4. The van der Waals surface area contributed by atoms with Crippen LogP contribution in [0.3, 0.4) is 0 Å². The second-order valence-corrected chi connectivity index (χ2v) is 7.47. The maximum absolute atomic E-state index is 13.0. The number of hydrogen-bond donors (Lipinski definition) is 1. The standard InChI is InChI=1S/C21H19Cl2N3O3/c1-12(2)19-16(11-24-26(19)15-6-4-5-14(22)10-15)20(27)25-18-9-13(21(28)29-3)7-8-17(18)23/h4-12H,1-3H3,(H,25,27). The van der Waals surface area contributed by atoms with Crippen LogP contribution < -0.4 is 5.32 Å². The fraction of sp³-hybridized carbons (Fsp3) is 0.190. The minimum atomic E-state index is -0.520. The number of carbonyl (C=O) groups is 2. The Bertz CT molecular complexity index is 1080. The molecule has 1 aromatic heterocycles. The van der Waals surface area contributed by atoms with E-state index in [1.807, 2.05) is 26.0 Å². The highest BCUT2D eigenvalue weighted by Gasteiger charge is 2.22. The second kappa shape index (κ2) is 8.68. The molecule has 0 spiro atoms. The quantitative estimate of drug-likeness (QED) is 0.553. The molecule has 1 N–H and O–H groups in total. The number of nitrogens with zero attached hydrogens (tertiary/aromatic N) is 2. The Kier molecular flexibility index (Phi) is 6.25. The summed E-state index contributed by atoms with van der Waals surface area (Å²) < 4.78 is 6.41. The molecule has 0 atom stereocenters. The van der Waals surface area contributed by atoms with Crippen molar-refractivity contribution in [3.05, 3.63) is 75.5 Å². The minimum absolute atomic E-state index is 0.00843. The molecule has 3 aromatic rings. The van der Waals surface area contributed by atoms with Gasteiger partial charge >= 0.3 is 5.97 Å². The zero-order valence-electron chi connectivity index (χ0n) is 16.1. The number of aromatic nitrogens is 2. The molecule has 0 saturated carbocycles. The average Bonchev–Trinajstić information content (AvgIpc) is 3.14. The van der Waals surface area contributed by atoms with Gasteiger partial charge in [-0.1, -0.05) is 43.1 Å². The van der Waals surface area contributed by atoms with Crippen molar-refractivity contribution in [2.45, 2.75) is 19.8 Å². The van der Waals surface area contributed by atoms with Crippen LogP contribution in [-0.2, 0) is 4.74 Å². The van der Waals surface area contributed by atoms with E-state index in [1.165, 1.54) is 31.5 Å². The van der Waals surface area contributed by atoms with Gasteiger partial charge in [0.05, 0.1) is 46.5 Å². The third-order valence-corrected chi connectivity index (χ3v) is 4.85. The van der Waals surface area contributed by atoms with Crippen molar-refractivity contribution < 1.29 is 14.3 Å². The van der Waals surface area contributed by atoms with E-state index in [1.54, 1.807) is 16.8 Å². The van der Waals surface area contributed by atoms with Gasteiger partial charge in [0.15, 0.2) is 0 Å². The Balaban J connectivity index is 1.97. The zero-order valence-corrected chi connectivity index (χ0v) is 17.6. The maximum atomic E-state index is 13.0. The van der Waals surface area contributed by atoms with Crippen LogP contribution in [0.25, 0.3) is 5.69 Å². The predicted molar refractivity (Wildman–Crippen MR) is 113 cm³/mol. The van der Waals surface area contributed by atoms with Gasteiger partial charge in [-0.25, -0.2) is 9.48 Å². The SMILES string of the molecule is COC(=O)c1ccc(Cl)c(NC(=O)c2cnn(-c3cccc(Cl)c3)c2C(C)C)c1. The van der Waals surface area contributed by atoms with Gasteiger partial charge in [-0.2, -0.15) is 5.10 Å². The highest BCUT2D eigenvalue weighted by molar-refractivity contribution is 6.34. The van der Waals surface area contributed by atoms with Gasteiger partial charge in [-0.15, -0.1) is 0 Å². The van der Waals surface area contributed by atoms with Crippen LogP contribution in [-0.4, -0.2) is 28.8 Å². The highest BCUT2D eigenvalue weighted by atomic mass is 35.5. The molecule has 6 nitrogen and oxygen atoms in total. The number of nitrogens with one attached hydrogen (secondary N) is 1. The molecular weight excluding hydrogens is 413 g/mol. The summed E-state index contributed by atoms with van der Waals surface area (Å²) in [5.41, 5.74) is 2.48. The number of halogens is 2. The van der Waals surface area contributed by atoms with Gasteiger partial charge in [0.2, 0.25) is 0 Å². The van der Waals surface area contributed by atoms with E-state index in [4.69, 9.17) is 27.9 Å². The summed E-state index contributed by atoms with van der Waals surface area (Å²) in [5.74, 6) is -0.895. The van der Waals surface area contributed by atoms with Gasteiger partial charge < -0.3 is 10.1 Å². The number of ether oxygens (including phenoxy) is 1. The molecule has 3 rings (SSSR count). The fourth-order valence-electron chi connectivity index (χ4n) is 2.96. The van der Waals surface area contributed by atoms with Crippen molar-refractivity contribution in [2.24, 2.45) is 0 Å². The van der Waals surface area contributed by atoms with Crippen molar-refractivity contribution in [2.75, 3.05) is 12.4 Å². The van der Waals surface area contributed by atoms with E-state index < -0.39 is 5.97 Å². The summed E-state index contributed by atoms with van der Waals surface area (Å²) in [7, 11) is 1.29. The second-order valence-electron chi connectivity index (χ2n) is 6.63. The molecule has 1 amide bonds. The molecule has 150 valence electrons. The minimum Gasteiger partial charge on any atom is -0.465 e. The van der Waals surface area contributed by atoms with E-state index >= 15 is 0 Å². The van der Waals surface area contributed by atoms with Crippen LogP contribution >= 0.6 is 23.2 Å². The van der Waals surface area contributed by atoms with Crippen molar-refractivity contribution in [1.29, 1.82) is 0 Å². The van der Waals surface area contributed by atoms with Gasteiger partial charge in [-0.05, 0) is 42.3 Å². The van der Waals surface area contributed by atoms with E-state index in [0.29, 0.717) is 21.3 Å². The lowest BCUT2D eigenvalue weighted by Gasteiger charge is -2.14. The molecule has 29 heavy (non-hydrogen) atoms. The van der Waals surface area contributed by atoms with Crippen molar-refractivity contribution in [1.82, 2.24) is 9.78 Å². The van der Waals surface area contributed by atoms with Gasteiger partial charge in [0.1, 0.15) is 0 Å². The first-order chi connectivity index (χ1) is 13.8. The zero-order chi connectivity index (χ0) is 21.1. The van der Waals surface area contributed by atoms with E-state index in [-0.39, 0.29) is 17.4 Å². The van der Waals surface area contributed by atoms with E-state index in [9.17, 15) is 9.59 Å². The number of carbonyl (C=O) groups excluding carboxylic acids is 2. The Hall–Kier alpha value is -2.83. The average molecular weight is 432 g/mol. The molecule has 1 heterocycles. The van der Waals surface area contributed by atoms with Gasteiger partial charge in [-0.3, -0.25) is 4.79 Å². The van der Waals surface area contributed by atoms with Crippen LogP contribution in [0.1, 0.15) is 46.2 Å². The van der Waals surface area contributed by atoms with Crippen LogP contribution in [0, 0.1) is 0 Å². The molecule has 0 unspecified atom stereocenters. The molecule has 8 heteroatoms. The first-order valence-corrected chi connectivity index (χ1v) is 9.60. The van der Waals surface area contributed by atoms with Crippen molar-refractivity contribution in [3.63, 3.8) is 0 Å². The van der Waals surface area contributed by atoms with Gasteiger partial charge in [0, 0.05) is 5.02 Å². The molecule has 0 aliphatic carbocycles. The Morgan fingerprint density at radius 1 is 1.14 bits per heavy atom. The topological polar surface area (TPSA) is 73.2 Å². The smallest absolute Gasteiger partial charge is 0.337 e. The third kappa shape index (κ3) is 4.44. The molecule has 2 aromatic carbocycles. The molecule has 0 aliphatic heterocycles. The summed E-state index contributed by atoms with van der Waals surface area (Å²) in [6.07, 6.45) is 1.50. The van der Waals surface area contributed by atoms with Crippen LogP contribution in [0.15, 0.2) is 48.7 Å². The van der Waals surface area contributed by atoms with E-state index in [0.717, 1.165) is 11.4 Å². The maximum Gasteiger partial charge on any atom is 0.337 e. The molecule has 0 bridgehead atoms. The summed E-state index contributed by atoms with van der Waals surface area (Å²) in [5, 5.41) is 8.02. The number of methoxy groups -OCH3 is 1. The van der Waals surface area contributed by atoms with Crippen LogP contribution in [0.5, 0.6) is 0 Å². The number of rotatable bonds is 5. The van der Waals surface area contributed by atoms with Crippen molar-refractivity contribution in [3.8, 4) is 5.69 Å². The fourth-order valence-corrected chi connectivity index (χ4v) is 3.31. The Morgan fingerprint density at radius 2 is 1.90 bits per heavy atom. The van der Waals surface area contributed by atoms with Gasteiger partial charge in [0.25, 0.3) is 5.91 Å². The predicted octanol–water partition coefficient (Wildman–Crippen LogP) is 5.34.